The molecule has 2 aromatic rings. The number of anilines is 1. The van der Waals surface area contributed by atoms with Crippen LogP contribution in [-0.4, -0.2) is 17.1 Å². The third-order valence-electron chi connectivity index (χ3n) is 2.64. The molecule has 90 valence electrons. The van der Waals surface area contributed by atoms with Crippen LogP contribution in [-0.2, 0) is 6.54 Å². The molecule has 1 atom stereocenters. The molecule has 0 aliphatic heterocycles. The summed E-state index contributed by atoms with van der Waals surface area (Å²) in [7, 11) is 2.01. The first kappa shape index (κ1) is 12.1. The molecule has 0 radical (unpaired) electrons. The molecule has 0 amide bonds. The standard InChI is InChI=1S/C13H16N2OS/c1-10(16)12-3-5-14-13(7-12)15(2)8-11-4-6-17-9-11/h3-7,9-10,16H,8H2,1-2H3. The molecule has 0 fully saturated rings. The van der Waals surface area contributed by atoms with Crippen molar-refractivity contribution < 1.29 is 5.11 Å². The minimum absolute atomic E-state index is 0.453. The summed E-state index contributed by atoms with van der Waals surface area (Å²) >= 11 is 1.70. The monoisotopic (exact) mass is 248 g/mol. The van der Waals surface area contributed by atoms with E-state index in [1.807, 2.05) is 19.2 Å². The summed E-state index contributed by atoms with van der Waals surface area (Å²) in [6.45, 7) is 2.59. The molecule has 1 unspecified atom stereocenters. The SMILES string of the molecule is CC(O)c1ccnc(N(C)Cc2ccsc2)c1. The van der Waals surface area contributed by atoms with Gasteiger partial charge in [0.1, 0.15) is 5.82 Å². The van der Waals surface area contributed by atoms with Gasteiger partial charge >= 0.3 is 0 Å². The summed E-state index contributed by atoms with van der Waals surface area (Å²) in [6.07, 6.45) is 1.29. The Morgan fingerprint density at radius 3 is 2.94 bits per heavy atom. The number of aromatic nitrogens is 1. The number of aliphatic hydroxyl groups excluding tert-OH is 1. The van der Waals surface area contributed by atoms with E-state index in [0.29, 0.717) is 0 Å². The minimum Gasteiger partial charge on any atom is -0.389 e. The van der Waals surface area contributed by atoms with Gasteiger partial charge in [0.05, 0.1) is 6.10 Å². The fourth-order valence-corrected chi connectivity index (χ4v) is 2.30. The minimum atomic E-state index is -0.453. The lowest BCUT2D eigenvalue weighted by molar-refractivity contribution is 0.199. The van der Waals surface area contributed by atoms with Crippen molar-refractivity contribution in [2.24, 2.45) is 0 Å². The van der Waals surface area contributed by atoms with Gasteiger partial charge in [0.15, 0.2) is 0 Å². The number of pyridine rings is 1. The second-order valence-electron chi connectivity index (χ2n) is 4.11. The maximum absolute atomic E-state index is 9.54. The first-order valence-corrected chi connectivity index (χ1v) is 6.47. The molecule has 0 spiro atoms. The highest BCUT2D eigenvalue weighted by Crippen LogP contribution is 2.19. The largest absolute Gasteiger partial charge is 0.389 e. The first-order chi connectivity index (χ1) is 8.16. The van der Waals surface area contributed by atoms with E-state index < -0.39 is 6.10 Å². The lowest BCUT2D eigenvalue weighted by Gasteiger charge is -2.18. The quantitative estimate of drug-likeness (QED) is 0.904. The van der Waals surface area contributed by atoms with Crippen molar-refractivity contribution in [3.63, 3.8) is 0 Å². The average Bonchev–Trinajstić information content (AvgIpc) is 2.82. The van der Waals surface area contributed by atoms with Crippen LogP contribution in [0.2, 0.25) is 0 Å². The van der Waals surface area contributed by atoms with Crippen molar-refractivity contribution in [3.8, 4) is 0 Å². The normalized spacial score (nSPS) is 12.4. The van der Waals surface area contributed by atoms with Gasteiger partial charge in [-0.3, -0.25) is 0 Å². The third kappa shape index (κ3) is 3.05. The van der Waals surface area contributed by atoms with Gasteiger partial charge in [0.25, 0.3) is 0 Å². The van der Waals surface area contributed by atoms with Crippen molar-refractivity contribution in [3.05, 3.63) is 46.3 Å². The summed E-state index contributed by atoms with van der Waals surface area (Å²) in [5, 5.41) is 13.7. The maximum atomic E-state index is 9.54. The van der Waals surface area contributed by atoms with Crippen molar-refractivity contribution >= 4 is 17.2 Å². The Bertz CT molecular complexity index is 468. The second-order valence-corrected chi connectivity index (χ2v) is 4.89. The molecule has 2 rings (SSSR count). The van der Waals surface area contributed by atoms with Gasteiger partial charge < -0.3 is 10.0 Å². The van der Waals surface area contributed by atoms with Crippen LogP contribution < -0.4 is 4.90 Å². The number of nitrogens with zero attached hydrogens (tertiary/aromatic N) is 2. The number of rotatable bonds is 4. The van der Waals surface area contributed by atoms with Crippen LogP contribution in [0.3, 0.4) is 0 Å². The smallest absolute Gasteiger partial charge is 0.128 e. The zero-order chi connectivity index (χ0) is 12.3. The van der Waals surface area contributed by atoms with Crippen LogP contribution in [0.15, 0.2) is 35.2 Å². The second kappa shape index (κ2) is 5.29. The summed E-state index contributed by atoms with van der Waals surface area (Å²) < 4.78 is 0. The van der Waals surface area contributed by atoms with Crippen LogP contribution in [0.4, 0.5) is 5.82 Å². The van der Waals surface area contributed by atoms with Crippen molar-refractivity contribution in [1.29, 1.82) is 0 Å². The van der Waals surface area contributed by atoms with Gasteiger partial charge in [-0.1, -0.05) is 0 Å². The van der Waals surface area contributed by atoms with Gasteiger partial charge in [0, 0.05) is 19.8 Å². The Balaban J connectivity index is 2.13. The van der Waals surface area contributed by atoms with Crippen LogP contribution in [0.25, 0.3) is 0 Å². The van der Waals surface area contributed by atoms with Gasteiger partial charge in [-0.25, -0.2) is 4.98 Å². The highest BCUT2D eigenvalue weighted by atomic mass is 32.1. The van der Waals surface area contributed by atoms with Gasteiger partial charge in [-0.2, -0.15) is 11.3 Å². The van der Waals surface area contributed by atoms with E-state index in [1.165, 1.54) is 5.56 Å². The zero-order valence-corrected chi connectivity index (χ0v) is 10.8. The maximum Gasteiger partial charge on any atom is 0.128 e. The lowest BCUT2D eigenvalue weighted by atomic mass is 10.1. The Morgan fingerprint density at radius 1 is 1.47 bits per heavy atom. The molecule has 0 bridgehead atoms. The number of hydrogen-bond donors (Lipinski definition) is 1. The van der Waals surface area contributed by atoms with Gasteiger partial charge in [-0.15, -0.1) is 0 Å². The highest BCUT2D eigenvalue weighted by molar-refractivity contribution is 7.07. The summed E-state index contributed by atoms with van der Waals surface area (Å²) in [5.41, 5.74) is 2.17. The topological polar surface area (TPSA) is 36.4 Å². The Hall–Kier alpha value is -1.39. The Labute approximate surface area is 105 Å². The Morgan fingerprint density at radius 2 is 2.29 bits per heavy atom. The predicted octanol–water partition coefficient (Wildman–Crippen LogP) is 2.83. The number of aliphatic hydroxyl groups is 1. The van der Waals surface area contributed by atoms with E-state index in [1.54, 1.807) is 24.5 Å². The molecule has 2 heterocycles. The molecule has 0 aliphatic carbocycles. The summed E-state index contributed by atoms with van der Waals surface area (Å²) in [4.78, 5) is 6.40. The van der Waals surface area contributed by atoms with Crippen molar-refractivity contribution in [2.75, 3.05) is 11.9 Å². The van der Waals surface area contributed by atoms with E-state index in [-0.39, 0.29) is 0 Å². The zero-order valence-electron chi connectivity index (χ0n) is 10.00. The van der Waals surface area contributed by atoms with Crippen molar-refractivity contribution in [2.45, 2.75) is 19.6 Å². The fraction of sp³-hybridized carbons (Fsp3) is 0.308. The van der Waals surface area contributed by atoms with Crippen LogP contribution in [0.5, 0.6) is 0 Å². The molecule has 0 aromatic carbocycles. The highest BCUT2D eigenvalue weighted by Gasteiger charge is 2.07. The molecular formula is C13H16N2OS. The van der Waals surface area contributed by atoms with Crippen LogP contribution in [0.1, 0.15) is 24.2 Å². The molecule has 0 aliphatic rings. The number of hydrogen-bond acceptors (Lipinski definition) is 4. The van der Waals surface area contributed by atoms with E-state index in [4.69, 9.17) is 0 Å². The first-order valence-electron chi connectivity index (χ1n) is 5.53. The van der Waals surface area contributed by atoms with Crippen LogP contribution in [0, 0.1) is 0 Å². The Kier molecular flexibility index (Phi) is 3.76. The molecule has 3 nitrogen and oxygen atoms in total. The molecular weight excluding hydrogens is 232 g/mol. The summed E-state index contributed by atoms with van der Waals surface area (Å²) in [5.74, 6) is 0.884. The fourth-order valence-electron chi connectivity index (χ4n) is 1.64. The molecule has 17 heavy (non-hydrogen) atoms. The average molecular weight is 248 g/mol. The van der Waals surface area contributed by atoms with E-state index in [0.717, 1.165) is 17.9 Å². The van der Waals surface area contributed by atoms with Gasteiger partial charge in [-0.05, 0) is 47.0 Å². The predicted molar refractivity (Wildman–Crippen MR) is 71.3 cm³/mol. The van der Waals surface area contributed by atoms with Gasteiger partial charge in [0.2, 0.25) is 0 Å². The van der Waals surface area contributed by atoms with Crippen LogP contribution >= 0.6 is 11.3 Å². The van der Waals surface area contributed by atoms with E-state index >= 15 is 0 Å². The molecule has 4 heteroatoms. The van der Waals surface area contributed by atoms with E-state index in [2.05, 4.69) is 26.7 Å². The molecule has 1 N–H and O–H groups in total. The summed E-state index contributed by atoms with van der Waals surface area (Å²) in [6, 6.07) is 5.88. The molecule has 0 saturated heterocycles. The molecule has 2 aromatic heterocycles. The number of thiophene rings is 1. The van der Waals surface area contributed by atoms with E-state index in [9.17, 15) is 5.11 Å². The van der Waals surface area contributed by atoms with Crippen molar-refractivity contribution in [1.82, 2.24) is 4.98 Å². The molecule has 0 saturated carbocycles. The third-order valence-corrected chi connectivity index (χ3v) is 3.37. The lowest BCUT2D eigenvalue weighted by Crippen LogP contribution is -2.17.